The van der Waals surface area contributed by atoms with Gasteiger partial charge in [-0.05, 0) is 0 Å². The van der Waals surface area contributed by atoms with Crippen LogP contribution in [0.25, 0.3) is 0 Å². The monoisotopic (exact) mass is 356 g/mol. The smallest absolute Gasteiger partial charge is 0.136 e. The van der Waals surface area contributed by atoms with Crippen molar-refractivity contribution in [2.45, 2.75) is 57.5 Å². The zero-order valence-electron chi connectivity index (χ0n) is 14.6. The number of aliphatic hydroxyl groups is 2. The third-order valence-corrected chi connectivity index (χ3v) is 3.45. The van der Waals surface area contributed by atoms with Gasteiger partial charge in [-0.2, -0.15) is 0 Å². The second-order valence-electron chi connectivity index (χ2n) is 5.81. The van der Waals surface area contributed by atoms with E-state index in [1.807, 2.05) is 0 Å². The fourth-order valence-electron chi connectivity index (χ4n) is 2.05. The molecule has 0 heterocycles. The first-order valence-electron chi connectivity index (χ1n) is 8.43. The van der Waals surface area contributed by atoms with Gasteiger partial charge in [0.25, 0.3) is 0 Å². The van der Waals surface area contributed by atoms with Gasteiger partial charge in [-0.15, -0.1) is 6.58 Å². The molecule has 0 aliphatic carbocycles. The van der Waals surface area contributed by atoms with Crippen molar-refractivity contribution in [3.63, 3.8) is 0 Å². The molecule has 0 aliphatic heterocycles. The van der Waals surface area contributed by atoms with E-state index in [0.29, 0.717) is 6.61 Å². The molecular weight excluding hydrogens is 328 g/mol. The molecule has 1 atom stereocenters. The lowest BCUT2D eigenvalue weighted by molar-refractivity contribution is -0.127. The Hall–Kier alpha value is -1.70. The van der Waals surface area contributed by atoms with Crippen LogP contribution in [0.3, 0.4) is 0 Å². The van der Waals surface area contributed by atoms with Crippen LogP contribution in [0.4, 0.5) is 0 Å². The quantitative estimate of drug-likeness (QED) is 0.294. The number of ether oxygens (including phenoxy) is 1. The minimum atomic E-state index is -0.902. The number of hydrogen-bond acceptors (Lipinski definition) is 7. The van der Waals surface area contributed by atoms with Crippen molar-refractivity contribution in [2.24, 2.45) is 0 Å². The highest BCUT2D eigenvalue weighted by atomic mass is 16.5. The lowest BCUT2D eigenvalue weighted by atomic mass is 10.0. The van der Waals surface area contributed by atoms with Gasteiger partial charge in [0, 0.05) is 58.0 Å². The second-order valence-corrected chi connectivity index (χ2v) is 5.81. The molecule has 0 aromatic carbocycles. The van der Waals surface area contributed by atoms with Crippen molar-refractivity contribution in [3.8, 4) is 0 Å². The molecule has 0 bridgehead atoms. The zero-order chi connectivity index (χ0) is 19.1. The minimum absolute atomic E-state index is 0.0283. The number of rotatable bonds is 17. The van der Waals surface area contributed by atoms with E-state index in [0.717, 1.165) is 0 Å². The number of aliphatic hydroxyl groups excluding tert-OH is 2. The van der Waals surface area contributed by atoms with Crippen LogP contribution < -0.4 is 0 Å². The molecule has 0 saturated heterocycles. The highest BCUT2D eigenvalue weighted by Crippen LogP contribution is 2.07. The van der Waals surface area contributed by atoms with Crippen LogP contribution in [0.2, 0.25) is 0 Å². The fraction of sp³-hybridized carbons (Fsp3) is 0.667. The lowest BCUT2D eigenvalue weighted by Gasteiger charge is -2.09. The molecule has 1 unspecified atom stereocenters. The summed E-state index contributed by atoms with van der Waals surface area (Å²) >= 11 is 0. The van der Waals surface area contributed by atoms with Crippen LogP contribution in [0.5, 0.6) is 0 Å². The maximum Gasteiger partial charge on any atom is 0.136 e. The summed E-state index contributed by atoms with van der Waals surface area (Å²) in [6.07, 6.45) is 0.922. The van der Waals surface area contributed by atoms with Crippen molar-refractivity contribution in [2.75, 3.05) is 19.8 Å². The van der Waals surface area contributed by atoms with Gasteiger partial charge in [0.15, 0.2) is 0 Å². The Morgan fingerprint density at radius 3 is 1.72 bits per heavy atom. The number of carbonyl (C=O) groups excluding carboxylic acids is 4. The Labute approximate surface area is 148 Å². The van der Waals surface area contributed by atoms with Gasteiger partial charge in [-0.1, -0.05) is 6.08 Å². The summed E-state index contributed by atoms with van der Waals surface area (Å²) in [5.74, 6) is -0.783. The van der Waals surface area contributed by atoms with E-state index in [9.17, 15) is 24.3 Å². The van der Waals surface area contributed by atoms with E-state index in [4.69, 9.17) is 9.84 Å². The summed E-state index contributed by atoms with van der Waals surface area (Å²) in [7, 11) is 0. The van der Waals surface area contributed by atoms with Gasteiger partial charge < -0.3 is 14.9 Å². The molecule has 0 amide bonds. The van der Waals surface area contributed by atoms with Crippen LogP contribution in [0.1, 0.15) is 51.4 Å². The van der Waals surface area contributed by atoms with E-state index in [1.54, 1.807) is 0 Å². The van der Waals surface area contributed by atoms with Crippen molar-refractivity contribution in [3.05, 3.63) is 12.7 Å². The molecule has 142 valence electrons. The predicted octanol–water partition coefficient (Wildman–Crippen LogP) is 0.939. The second kappa shape index (κ2) is 14.6. The number of hydrogen-bond donors (Lipinski definition) is 2. The molecule has 0 aromatic heterocycles. The van der Waals surface area contributed by atoms with Crippen LogP contribution in [-0.4, -0.2) is 59.3 Å². The van der Waals surface area contributed by atoms with Gasteiger partial charge in [0.2, 0.25) is 0 Å². The molecule has 25 heavy (non-hydrogen) atoms. The van der Waals surface area contributed by atoms with Crippen LogP contribution in [0.15, 0.2) is 12.7 Å². The average molecular weight is 356 g/mol. The van der Waals surface area contributed by atoms with Gasteiger partial charge in [0.05, 0.1) is 19.3 Å². The van der Waals surface area contributed by atoms with E-state index < -0.39 is 6.10 Å². The summed E-state index contributed by atoms with van der Waals surface area (Å²) in [5.41, 5.74) is 0. The first-order valence-corrected chi connectivity index (χ1v) is 8.43. The van der Waals surface area contributed by atoms with Crippen LogP contribution in [-0.2, 0) is 23.9 Å². The molecule has 0 spiro atoms. The molecule has 0 radical (unpaired) electrons. The third kappa shape index (κ3) is 14.4. The number of Topliss-reactive ketones (excluding diaryl/α,β-unsaturated/α-hetero) is 4. The van der Waals surface area contributed by atoms with Crippen molar-refractivity contribution in [1.82, 2.24) is 0 Å². The maximum absolute atomic E-state index is 11.7. The first-order chi connectivity index (χ1) is 11.9. The van der Waals surface area contributed by atoms with E-state index in [-0.39, 0.29) is 87.7 Å². The lowest BCUT2D eigenvalue weighted by Crippen LogP contribution is -2.20. The fourth-order valence-corrected chi connectivity index (χ4v) is 2.05. The average Bonchev–Trinajstić information content (AvgIpc) is 2.56. The summed E-state index contributed by atoms with van der Waals surface area (Å²) < 4.78 is 5.03. The van der Waals surface area contributed by atoms with Crippen molar-refractivity contribution in [1.29, 1.82) is 0 Å². The zero-order valence-corrected chi connectivity index (χ0v) is 14.6. The Bertz CT molecular complexity index is 456. The van der Waals surface area contributed by atoms with Gasteiger partial charge in [-0.25, -0.2) is 0 Å². The SMILES string of the molecule is C=CCOCC(O)CC(=O)CCC(=O)CCC(=O)CCC(=O)CCO. The number of ketones is 4. The Balaban J connectivity index is 3.81. The molecule has 7 heteroatoms. The largest absolute Gasteiger partial charge is 0.396 e. The molecule has 0 saturated carbocycles. The van der Waals surface area contributed by atoms with E-state index in [2.05, 4.69) is 6.58 Å². The molecule has 0 aromatic rings. The van der Waals surface area contributed by atoms with Crippen LogP contribution in [0, 0.1) is 0 Å². The first kappa shape index (κ1) is 23.3. The third-order valence-electron chi connectivity index (χ3n) is 3.45. The molecule has 0 rings (SSSR count). The standard InChI is InChI=1S/C18H28O7/c1-2-11-25-13-18(24)12-17(23)8-7-15(21)4-3-14(20)5-6-16(22)9-10-19/h2,18-19,24H,1,3-13H2. The number of carbonyl (C=O) groups is 4. The highest BCUT2D eigenvalue weighted by Gasteiger charge is 2.14. The molecular formula is C18H28O7. The normalized spacial score (nSPS) is 11.8. The van der Waals surface area contributed by atoms with Crippen molar-refractivity contribution >= 4 is 23.1 Å². The van der Waals surface area contributed by atoms with Crippen molar-refractivity contribution < 1.29 is 34.1 Å². The summed E-state index contributed by atoms with van der Waals surface area (Å²) in [6, 6.07) is 0. The molecule has 7 nitrogen and oxygen atoms in total. The topological polar surface area (TPSA) is 118 Å². The summed E-state index contributed by atoms with van der Waals surface area (Å²) in [5, 5.41) is 18.2. The summed E-state index contributed by atoms with van der Waals surface area (Å²) in [4.78, 5) is 46.1. The molecule has 2 N–H and O–H groups in total. The Morgan fingerprint density at radius 2 is 1.28 bits per heavy atom. The van der Waals surface area contributed by atoms with Crippen LogP contribution >= 0.6 is 0 Å². The Morgan fingerprint density at radius 1 is 0.840 bits per heavy atom. The predicted molar refractivity (Wildman–Crippen MR) is 91.1 cm³/mol. The maximum atomic E-state index is 11.7. The van der Waals surface area contributed by atoms with E-state index in [1.165, 1.54) is 6.08 Å². The van der Waals surface area contributed by atoms with E-state index >= 15 is 0 Å². The highest BCUT2D eigenvalue weighted by molar-refractivity contribution is 5.90. The minimum Gasteiger partial charge on any atom is -0.396 e. The molecule has 0 fully saturated rings. The van der Waals surface area contributed by atoms with Gasteiger partial charge in [-0.3, -0.25) is 19.2 Å². The summed E-state index contributed by atoms with van der Waals surface area (Å²) in [6.45, 7) is 3.57. The van der Waals surface area contributed by atoms with Gasteiger partial charge in [0.1, 0.15) is 23.1 Å². The van der Waals surface area contributed by atoms with Gasteiger partial charge >= 0.3 is 0 Å². The Kier molecular flexibility index (Phi) is 13.6. The molecule has 0 aliphatic rings.